The van der Waals surface area contributed by atoms with Crippen LogP contribution in [0.5, 0.6) is 0 Å². The molecule has 0 aliphatic carbocycles. The van der Waals surface area contributed by atoms with Gasteiger partial charge in [0.25, 0.3) is 0 Å². The molecule has 1 aromatic carbocycles. The highest BCUT2D eigenvalue weighted by atomic mass is 19.1. The summed E-state index contributed by atoms with van der Waals surface area (Å²) in [7, 11) is 1.82. The van der Waals surface area contributed by atoms with Crippen molar-refractivity contribution in [3.8, 4) is 11.1 Å². The van der Waals surface area contributed by atoms with Crippen LogP contribution in [0.1, 0.15) is 13.8 Å². The number of aromatic nitrogens is 1. The fraction of sp³-hybridized carbons (Fsp3) is 0.364. The van der Waals surface area contributed by atoms with Crippen LogP contribution in [0.15, 0.2) is 58.7 Å². The SMILES string of the molecule is CN=CC(CN1CCN(c2ncccc2-c2cccc(F)c2)CC1)=C(C)C. The number of aliphatic imine (C=N–C) groups is 1. The number of benzene rings is 1. The minimum Gasteiger partial charge on any atom is -0.354 e. The second-order valence-corrected chi connectivity index (χ2v) is 7.06. The fourth-order valence-electron chi connectivity index (χ4n) is 3.37. The van der Waals surface area contributed by atoms with Crippen LogP contribution in [0.25, 0.3) is 11.1 Å². The lowest BCUT2D eigenvalue weighted by molar-refractivity contribution is 0.280. The number of pyridine rings is 1. The van der Waals surface area contributed by atoms with Gasteiger partial charge in [-0.2, -0.15) is 0 Å². The van der Waals surface area contributed by atoms with Crippen LogP contribution in [-0.4, -0.2) is 55.9 Å². The Labute approximate surface area is 161 Å². The van der Waals surface area contributed by atoms with Gasteiger partial charge in [-0.1, -0.05) is 17.7 Å². The van der Waals surface area contributed by atoms with Gasteiger partial charge in [-0.15, -0.1) is 0 Å². The summed E-state index contributed by atoms with van der Waals surface area (Å²) < 4.78 is 13.7. The van der Waals surface area contributed by atoms with Gasteiger partial charge in [0.2, 0.25) is 0 Å². The van der Waals surface area contributed by atoms with Gasteiger partial charge in [0.15, 0.2) is 0 Å². The highest BCUT2D eigenvalue weighted by Gasteiger charge is 2.21. The van der Waals surface area contributed by atoms with Gasteiger partial charge in [-0.3, -0.25) is 9.89 Å². The number of hydrogen-bond donors (Lipinski definition) is 0. The summed E-state index contributed by atoms with van der Waals surface area (Å²) in [5.41, 5.74) is 4.44. The molecule has 0 bridgehead atoms. The van der Waals surface area contributed by atoms with Gasteiger partial charge in [0, 0.05) is 57.7 Å². The predicted molar refractivity (Wildman–Crippen MR) is 111 cm³/mol. The molecule has 5 heteroatoms. The summed E-state index contributed by atoms with van der Waals surface area (Å²) >= 11 is 0. The number of nitrogens with zero attached hydrogens (tertiary/aromatic N) is 4. The minimum atomic E-state index is -0.223. The lowest BCUT2D eigenvalue weighted by atomic mass is 10.1. The van der Waals surface area contributed by atoms with Crippen LogP contribution in [0, 0.1) is 5.82 Å². The van der Waals surface area contributed by atoms with E-state index in [4.69, 9.17) is 0 Å². The van der Waals surface area contributed by atoms with Crippen LogP contribution in [0.4, 0.5) is 10.2 Å². The summed E-state index contributed by atoms with van der Waals surface area (Å²) in [5, 5.41) is 0. The quantitative estimate of drug-likeness (QED) is 0.749. The standard InChI is InChI=1S/C22H27FN4/c1-17(2)19(15-24-3)16-26-10-12-27(13-11-26)22-21(8-5-9-25-22)18-6-4-7-20(23)14-18/h4-9,14-15H,10-13,16H2,1-3H3. The lowest BCUT2D eigenvalue weighted by Gasteiger charge is -2.36. The molecule has 0 N–H and O–H groups in total. The topological polar surface area (TPSA) is 31.7 Å². The van der Waals surface area contributed by atoms with E-state index in [0.717, 1.165) is 49.7 Å². The molecular formula is C22H27FN4. The van der Waals surface area contributed by atoms with Gasteiger partial charge in [-0.05, 0) is 49.2 Å². The van der Waals surface area contributed by atoms with E-state index in [9.17, 15) is 4.39 Å². The Morgan fingerprint density at radius 1 is 1.15 bits per heavy atom. The molecule has 0 amide bonds. The fourth-order valence-corrected chi connectivity index (χ4v) is 3.37. The van der Waals surface area contributed by atoms with Crippen molar-refractivity contribution in [1.29, 1.82) is 0 Å². The van der Waals surface area contributed by atoms with Gasteiger partial charge in [-0.25, -0.2) is 9.37 Å². The van der Waals surface area contributed by atoms with Crippen molar-refractivity contribution in [2.75, 3.05) is 44.7 Å². The zero-order valence-corrected chi connectivity index (χ0v) is 16.3. The Hall–Kier alpha value is -2.53. The Bertz CT molecular complexity index is 832. The number of hydrogen-bond acceptors (Lipinski definition) is 4. The molecular weight excluding hydrogens is 339 g/mol. The van der Waals surface area contributed by atoms with E-state index < -0.39 is 0 Å². The Morgan fingerprint density at radius 2 is 1.93 bits per heavy atom. The largest absolute Gasteiger partial charge is 0.354 e. The molecule has 1 aliphatic rings. The van der Waals surface area contributed by atoms with Gasteiger partial charge in [0.1, 0.15) is 11.6 Å². The molecule has 1 aromatic heterocycles. The molecule has 0 radical (unpaired) electrons. The van der Waals surface area contributed by atoms with Crippen LogP contribution < -0.4 is 4.90 Å². The predicted octanol–water partition coefficient (Wildman–Crippen LogP) is 4.05. The molecule has 0 unspecified atom stereocenters. The maximum Gasteiger partial charge on any atom is 0.136 e. The number of halogens is 1. The second-order valence-electron chi connectivity index (χ2n) is 7.06. The Morgan fingerprint density at radius 3 is 2.59 bits per heavy atom. The summed E-state index contributed by atoms with van der Waals surface area (Å²) in [6.45, 7) is 8.92. The maximum absolute atomic E-state index is 13.7. The van der Waals surface area contributed by atoms with Crippen molar-refractivity contribution in [3.63, 3.8) is 0 Å². The van der Waals surface area contributed by atoms with Crippen LogP contribution in [0.3, 0.4) is 0 Å². The first-order chi connectivity index (χ1) is 13.1. The highest BCUT2D eigenvalue weighted by Crippen LogP contribution is 2.29. The first-order valence-electron chi connectivity index (χ1n) is 9.35. The van der Waals surface area contributed by atoms with Crippen molar-refractivity contribution < 1.29 is 4.39 Å². The van der Waals surface area contributed by atoms with E-state index >= 15 is 0 Å². The monoisotopic (exact) mass is 366 g/mol. The second kappa shape index (κ2) is 8.91. The van der Waals surface area contributed by atoms with Crippen LogP contribution >= 0.6 is 0 Å². The molecule has 1 aliphatic heterocycles. The van der Waals surface area contributed by atoms with Crippen LogP contribution in [-0.2, 0) is 0 Å². The molecule has 0 spiro atoms. The van der Waals surface area contributed by atoms with Gasteiger partial charge < -0.3 is 4.90 Å². The average molecular weight is 366 g/mol. The van der Waals surface area contributed by atoms with Crippen molar-refractivity contribution in [2.24, 2.45) is 4.99 Å². The van der Waals surface area contributed by atoms with E-state index in [0.29, 0.717) is 0 Å². The summed E-state index contributed by atoms with van der Waals surface area (Å²) in [4.78, 5) is 13.5. The molecule has 1 saturated heterocycles. The molecule has 0 saturated carbocycles. The Kier molecular flexibility index (Phi) is 6.35. The average Bonchev–Trinajstić information content (AvgIpc) is 2.68. The minimum absolute atomic E-state index is 0.223. The zero-order chi connectivity index (χ0) is 19.2. The number of anilines is 1. The van der Waals surface area contributed by atoms with Crippen LogP contribution in [0.2, 0.25) is 0 Å². The van der Waals surface area contributed by atoms with Gasteiger partial charge in [0.05, 0.1) is 0 Å². The van der Waals surface area contributed by atoms with E-state index in [1.807, 2.05) is 37.7 Å². The number of allylic oxidation sites excluding steroid dienone is 1. The number of rotatable bonds is 5. The highest BCUT2D eigenvalue weighted by molar-refractivity contribution is 5.80. The third-order valence-corrected chi connectivity index (χ3v) is 4.92. The first kappa shape index (κ1) is 19.2. The van der Waals surface area contributed by atoms with Crippen molar-refractivity contribution in [3.05, 3.63) is 59.6 Å². The maximum atomic E-state index is 13.7. The van der Waals surface area contributed by atoms with Crippen molar-refractivity contribution in [2.45, 2.75) is 13.8 Å². The summed E-state index contributed by atoms with van der Waals surface area (Å²) in [6, 6.07) is 10.6. The first-order valence-corrected chi connectivity index (χ1v) is 9.35. The van der Waals surface area contributed by atoms with Crippen molar-refractivity contribution in [1.82, 2.24) is 9.88 Å². The third kappa shape index (κ3) is 4.80. The zero-order valence-electron chi connectivity index (χ0n) is 16.3. The Balaban J connectivity index is 1.73. The molecule has 2 aromatic rings. The summed E-state index contributed by atoms with van der Waals surface area (Å²) in [6.07, 6.45) is 3.77. The normalized spacial score (nSPS) is 15.3. The third-order valence-electron chi connectivity index (χ3n) is 4.92. The molecule has 0 atom stereocenters. The molecule has 3 rings (SSSR count). The lowest BCUT2D eigenvalue weighted by Crippen LogP contribution is -2.47. The van der Waals surface area contributed by atoms with E-state index in [1.54, 1.807) is 12.1 Å². The van der Waals surface area contributed by atoms with Crippen molar-refractivity contribution >= 4 is 12.0 Å². The molecule has 27 heavy (non-hydrogen) atoms. The van der Waals surface area contributed by atoms with E-state index in [-0.39, 0.29) is 5.82 Å². The molecule has 1 fully saturated rings. The van der Waals surface area contributed by atoms with E-state index in [1.165, 1.54) is 17.2 Å². The molecule has 142 valence electrons. The smallest absolute Gasteiger partial charge is 0.136 e. The number of piperazine rings is 1. The molecule has 4 nitrogen and oxygen atoms in total. The molecule has 2 heterocycles. The van der Waals surface area contributed by atoms with Gasteiger partial charge >= 0.3 is 0 Å². The summed E-state index contributed by atoms with van der Waals surface area (Å²) in [5.74, 6) is 0.708. The van der Waals surface area contributed by atoms with E-state index in [2.05, 4.69) is 33.6 Å².